The SMILES string of the molecule is CNN(C)CC1Cc2cc(-c3ccccc3)cc(-c3ccc(F)cc3F)c2O1. The number of nitrogens with zero attached hydrogens (tertiary/aromatic N) is 1. The third-order valence-electron chi connectivity index (χ3n) is 5.09. The second-order valence-corrected chi connectivity index (χ2v) is 7.05. The number of rotatable bonds is 5. The van der Waals surface area contributed by atoms with Gasteiger partial charge in [-0.1, -0.05) is 30.3 Å². The highest BCUT2D eigenvalue weighted by Crippen LogP contribution is 2.43. The number of ether oxygens (including phenoxy) is 1. The van der Waals surface area contributed by atoms with Gasteiger partial charge in [-0.2, -0.15) is 0 Å². The van der Waals surface area contributed by atoms with E-state index in [-0.39, 0.29) is 6.10 Å². The van der Waals surface area contributed by atoms with E-state index in [1.807, 2.05) is 55.5 Å². The van der Waals surface area contributed by atoms with Gasteiger partial charge in [-0.15, -0.1) is 0 Å². The average Bonchev–Trinajstić information content (AvgIpc) is 3.10. The molecule has 0 aromatic heterocycles. The Morgan fingerprint density at radius 3 is 2.50 bits per heavy atom. The molecule has 1 atom stereocenters. The fourth-order valence-electron chi connectivity index (χ4n) is 3.64. The minimum Gasteiger partial charge on any atom is -0.488 e. The lowest BCUT2D eigenvalue weighted by Crippen LogP contribution is -2.39. The molecule has 0 saturated carbocycles. The Labute approximate surface area is 163 Å². The summed E-state index contributed by atoms with van der Waals surface area (Å²) >= 11 is 0. The molecular weight excluding hydrogens is 358 g/mol. The van der Waals surface area contributed by atoms with Crippen LogP contribution in [0.2, 0.25) is 0 Å². The van der Waals surface area contributed by atoms with E-state index in [0.717, 1.165) is 29.2 Å². The lowest BCUT2D eigenvalue weighted by molar-refractivity contribution is 0.142. The molecule has 1 N–H and O–H groups in total. The molecule has 3 aromatic carbocycles. The monoisotopic (exact) mass is 380 g/mol. The van der Waals surface area contributed by atoms with Gasteiger partial charge in [-0.25, -0.2) is 13.8 Å². The van der Waals surface area contributed by atoms with Crippen LogP contribution in [-0.2, 0) is 6.42 Å². The van der Waals surface area contributed by atoms with E-state index in [1.54, 1.807) is 0 Å². The van der Waals surface area contributed by atoms with Crippen molar-refractivity contribution in [3.05, 3.63) is 77.9 Å². The maximum absolute atomic E-state index is 14.6. The van der Waals surface area contributed by atoms with Gasteiger partial charge in [0.15, 0.2) is 0 Å². The average molecular weight is 380 g/mol. The summed E-state index contributed by atoms with van der Waals surface area (Å²) in [6.07, 6.45) is 0.693. The normalized spacial score (nSPS) is 15.5. The molecule has 0 aliphatic carbocycles. The number of nitrogens with one attached hydrogen (secondary N) is 1. The molecule has 3 nitrogen and oxygen atoms in total. The number of hydrogen-bond donors (Lipinski definition) is 1. The second-order valence-electron chi connectivity index (χ2n) is 7.05. The smallest absolute Gasteiger partial charge is 0.134 e. The molecule has 144 valence electrons. The van der Waals surface area contributed by atoms with E-state index in [2.05, 4.69) is 11.5 Å². The number of benzene rings is 3. The first-order valence-corrected chi connectivity index (χ1v) is 9.28. The molecule has 28 heavy (non-hydrogen) atoms. The largest absolute Gasteiger partial charge is 0.488 e. The molecule has 0 spiro atoms. The van der Waals surface area contributed by atoms with Crippen LogP contribution < -0.4 is 10.2 Å². The molecule has 1 unspecified atom stereocenters. The molecule has 0 amide bonds. The van der Waals surface area contributed by atoms with Crippen LogP contribution in [0.15, 0.2) is 60.7 Å². The fraction of sp³-hybridized carbons (Fsp3) is 0.217. The first kappa shape index (κ1) is 18.6. The molecule has 1 aliphatic heterocycles. The molecule has 4 rings (SSSR count). The van der Waals surface area contributed by atoms with Crippen LogP contribution in [0.3, 0.4) is 0 Å². The highest BCUT2D eigenvalue weighted by molar-refractivity contribution is 5.80. The maximum atomic E-state index is 14.6. The topological polar surface area (TPSA) is 24.5 Å². The van der Waals surface area contributed by atoms with Gasteiger partial charge in [0.25, 0.3) is 0 Å². The van der Waals surface area contributed by atoms with Crippen molar-refractivity contribution in [2.24, 2.45) is 0 Å². The third kappa shape index (κ3) is 3.63. The van der Waals surface area contributed by atoms with E-state index in [4.69, 9.17) is 4.74 Å². The second kappa shape index (κ2) is 7.70. The first-order valence-electron chi connectivity index (χ1n) is 9.28. The molecule has 1 aliphatic rings. The minimum absolute atomic E-state index is 0.0410. The Morgan fingerprint density at radius 2 is 1.79 bits per heavy atom. The maximum Gasteiger partial charge on any atom is 0.134 e. The Hall–Kier alpha value is -2.76. The Bertz CT molecular complexity index is 991. The van der Waals surface area contributed by atoms with Gasteiger partial charge >= 0.3 is 0 Å². The Morgan fingerprint density at radius 1 is 1.00 bits per heavy atom. The van der Waals surface area contributed by atoms with E-state index in [9.17, 15) is 8.78 Å². The van der Waals surface area contributed by atoms with Crippen LogP contribution in [0.4, 0.5) is 8.78 Å². The highest BCUT2D eigenvalue weighted by Gasteiger charge is 2.28. The molecule has 3 aromatic rings. The van der Waals surface area contributed by atoms with Crippen LogP contribution in [-0.4, -0.2) is 31.8 Å². The third-order valence-corrected chi connectivity index (χ3v) is 5.09. The van der Waals surface area contributed by atoms with Crippen molar-refractivity contribution in [1.29, 1.82) is 0 Å². The first-order chi connectivity index (χ1) is 13.5. The van der Waals surface area contributed by atoms with Crippen molar-refractivity contribution in [2.45, 2.75) is 12.5 Å². The minimum atomic E-state index is -0.591. The van der Waals surface area contributed by atoms with Gasteiger partial charge in [0, 0.05) is 30.7 Å². The molecule has 1 heterocycles. The summed E-state index contributed by atoms with van der Waals surface area (Å²) in [4.78, 5) is 0. The van der Waals surface area contributed by atoms with Crippen LogP contribution >= 0.6 is 0 Å². The van der Waals surface area contributed by atoms with Gasteiger partial charge in [0.2, 0.25) is 0 Å². The standard InChI is InChI=1S/C23H22F2N2O/c1-26-27(2)14-19-11-17-10-16(15-6-4-3-5-7-15)12-21(23(17)28-19)20-9-8-18(24)13-22(20)25/h3-10,12-13,19,26H,11,14H2,1-2H3. The lowest BCUT2D eigenvalue weighted by atomic mass is 9.94. The highest BCUT2D eigenvalue weighted by atomic mass is 19.1. The van der Waals surface area contributed by atoms with Gasteiger partial charge in [0.1, 0.15) is 23.5 Å². The number of hydrazine groups is 1. The fourth-order valence-corrected chi connectivity index (χ4v) is 3.64. The summed E-state index contributed by atoms with van der Waals surface area (Å²) in [5, 5.41) is 1.95. The van der Waals surface area contributed by atoms with Crippen molar-refractivity contribution < 1.29 is 13.5 Å². The number of fused-ring (bicyclic) bond motifs is 1. The predicted molar refractivity (Wildman–Crippen MR) is 107 cm³/mol. The molecule has 0 fully saturated rings. The zero-order valence-electron chi connectivity index (χ0n) is 15.9. The van der Waals surface area contributed by atoms with Crippen molar-refractivity contribution in [1.82, 2.24) is 10.4 Å². The van der Waals surface area contributed by atoms with Crippen molar-refractivity contribution >= 4 is 0 Å². The summed E-state index contributed by atoms with van der Waals surface area (Å²) in [5.74, 6) is -0.502. The molecule has 0 bridgehead atoms. The van der Waals surface area contributed by atoms with Gasteiger partial charge in [-0.05, 0) is 48.0 Å². The Kier molecular flexibility index (Phi) is 5.11. The molecule has 0 saturated heterocycles. The molecule has 5 heteroatoms. The van der Waals surface area contributed by atoms with E-state index in [0.29, 0.717) is 23.4 Å². The van der Waals surface area contributed by atoms with Crippen LogP contribution in [0, 0.1) is 11.6 Å². The zero-order chi connectivity index (χ0) is 19.7. The predicted octanol–water partition coefficient (Wildman–Crippen LogP) is 4.67. The lowest BCUT2D eigenvalue weighted by Gasteiger charge is -2.20. The van der Waals surface area contributed by atoms with Gasteiger partial charge in [0.05, 0.1) is 6.54 Å². The van der Waals surface area contributed by atoms with Crippen molar-refractivity contribution in [2.75, 3.05) is 20.6 Å². The van der Waals surface area contributed by atoms with Crippen molar-refractivity contribution in [3.8, 4) is 28.0 Å². The Balaban J connectivity index is 1.82. The van der Waals surface area contributed by atoms with E-state index < -0.39 is 11.6 Å². The summed E-state index contributed by atoms with van der Waals surface area (Å²) in [7, 11) is 3.80. The van der Waals surface area contributed by atoms with Gasteiger partial charge in [-0.3, -0.25) is 5.43 Å². The van der Waals surface area contributed by atoms with E-state index in [1.165, 1.54) is 12.1 Å². The quantitative estimate of drug-likeness (QED) is 0.651. The zero-order valence-corrected chi connectivity index (χ0v) is 15.9. The number of hydrogen-bond acceptors (Lipinski definition) is 3. The van der Waals surface area contributed by atoms with Crippen LogP contribution in [0.5, 0.6) is 5.75 Å². The summed E-state index contributed by atoms with van der Waals surface area (Å²) < 4.78 is 34.2. The van der Waals surface area contributed by atoms with Crippen LogP contribution in [0.25, 0.3) is 22.3 Å². The summed E-state index contributed by atoms with van der Waals surface area (Å²) in [5.41, 5.74) is 7.14. The summed E-state index contributed by atoms with van der Waals surface area (Å²) in [6, 6.07) is 17.7. The van der Waals surface area contributed by atoms with E-state index >= 15 is 0 Å². The van der Waals surface area contributed by atoms with Gasteiger partial charge < -0.3 is 4.74 Å². The number of halogens is 2. The summed E-state index contributed by atoms with van der Waals surface area (Å²) in [6.45, 7) is 0.692. The van der Waals surface area contributed by atoms with Crippen LogP contribution in [0.1, 0.15) is 5.56 Å². The molecule has 0 radical (unpaired) electrons. The van der Waals surface area contributed by atoms with Crippen molar-refractivity contribution in [3.63, 3.8) is 0 Å². The molecular formula is C23H22F2N2O. The number of likely N-dealkylation sites (N-methyl/N-ethyl adjacent to an activating group) is 1.